The van der Waals surface area contributed by atoms with Gasteiger partial charge in [-0.1, -0.05) is 54.1 Å². The van der Waals surface area contributed by atoms with Gasteiger partial charge in [0.15, 0.2) is 11.8 Å². The van der Waals surface area contributed by atoms with E-state index >= 15 is 0 Å². The number of hydrogen-bond acceptors (Lipinski definition) is 6. The van der Waals surface area contributed by atoms with Crippen molar-refractivity contribution in [2.24, 2.45) is 5.73 Å². The van der Waals surface area contributed by atoms with E-state index in [-0.39, 0.29) is 17.8 Å². The van der Waals surface area contributed by atoms with E-state index < -0.39 is 11.9 Å². The van der Waals surface area contributed by atoms with Crippen LogP contribution in [-0.4, -0.2) is 28.7 Å². The fourth-order valence-electron chi connectivity index (χ4n) is 2.85. The highest BCUT2D eigenvalue weighted by molar-refractivity contribution is 6.32. The molecule has 2 aromatic carbocycles. The Morgan fingerprint density at radius 1 is 1.10 bits per heavy atom. The number of rotatable bonds is 7. The molecule has 154 valence electrons. The average Bonchev–Trinajstić information content (AvgIpc) is 2.74. The number of aromatic nitrogens is 2. The molecule has 1 unspecified atom stereocenters. The molecule has 0 bridgehead atoms. The second-order valence-electron chi connectivity index (χ2n) is 6.68. The van der Waals surface area contributed by atoms with Gasteiger partial charge in [-0.2, -0.15) is 5.10 Å². The summed E-state index contributed by atoms with van der Waals surface area (Å²) in [5, 5.41) is 11.1. The SMILES string of the molecule is CC(=O)OCC(=O)Nc1ccc(-c2cc(C(N)Cc3ccccc3)nnc2Cl)cc1. The van der Waals surface area contributed by atoms with Crippen LogP contribution < -0.4 is 11.1 Å². The van der Waals surface area contributed by atoms with Gasteiger partial charge in [0.1, 0.15) is 0 Å². The molecule has 0 saturated carbocycles. The van der Waals surface area contributed by atoms with Gasteiger partial charge >= 0.3 is 5.97 Å². The van der Waals surface area contributed by atoms with Crippen molar-refractivity contribution < 1.29 is 14.3 Å². The lowest BCUT2D eigenvalue weighted by Gasteiger charge is -2.13. The van der Waals surface area contributed by atoms with Crippen LogP contribution in [0.15, 0.2) is 60.7 Å². The number of amides is 1. The molecule has 1 atom stereocenters. The van der Waals surface area contributed by atoms with Crippen LogP contribution in [0.4, 0.5) is 5.69 Å². The average molecular weight is 425 g/mol. The number of esters is 1. The monoisotopic (exact) mass is 424 g/mol. The summed E-state index contributed by atoms with van der Waals surface area (Å²) in [7, 11) is 0. The third-order valence-electron chi connectivity index (χ3n) is 4.33. The van der Waals surface area contributed by atoms with E-state index in [0.717, 1.165) is 11.1 Å². The van der Waals surface area contributed by atoms with E-state index in [1.54, 1.807) is 24.3 Å². The molecule has 1 amide bonds. The standard InChI is InChI=1S/C22H21ClN4O3/c1-14(28)30-13-21(29)25-17-9-7-16(8-10-17)18-12-20(26-27-22(18)23)19(24)11-15-5-3-2-4-6-15/h2-10,12,19H,11,13,24H2,1H3,(H,25,29). The largest absolute Gasteiger partial charge is 0.456 e. The van der Waals surface area contributed by atoms with E-state index in [2.05, 4.69) is 20.3 Å². The minimum Gasteiger partial charge on any atom is -0.456 e. The first-order valence-electron chi connectivity index (χ1n) is 9.28. The molecule has 30 heavy (non-hydrogen) atoms. The van der Waals surface area contributed by atoms with Crippen LogP contribution in [-0.2, 0) is 20.7 Å². The van der Waals surface area contributed by atoms with E-state index in [0.29, 0.717) is 23.4 Å². The maximum atomic E-state index is 11.8. The minimum absolute atomic E-state index is 0.261. The number of nitrogens with one attached hydrogen (secondary N) is 1. The van der Waals surface area contributed by atoms with Crippen LogP contribution >= 0.6 is 11.6 Å². The van der Waals surface area contributed by atoms with E-state index in [4.69, 9.17) is 17.3 Å². The first kappa shape index (κ1) is 21.4. The third-order valence-corrected chi connectivity index (χ3v) is 4.61. The van der Waals surface area contributed by atoms with E-state index in [1.807, 2.05) is 36.4 Å². The molecule has 0 spiro atoms. The Bertz CT molecular complexity index is 1030. The molecule has 0 saturated heterocycles. The van der Waals surface area contributed by atoms with Gasteiger partial charge in [-0.3, -0.25) is 9.59 Å². The number of nitrogens with two attached hydrogens (primary N) is 1. The molecule has 0 radical (unpaired) electrons. The van der Waals surface area contributed by atoms with Gasteiger partial charge in [-0.25, -0.2) is 0 Å². The van der Waals surface area contributed by atoms with E-state index in [9.17, 15) is 9.59 Å². The molecule has 0 aliphatic rings. The number of nitrogens with zero attached hydrogens (tertiary/aromatic N) is 2. The highest BCUT2D eigenvalue weighted by Gasteiger charge is 2.14. The number of carbonyl (C=O) groups is 2. The van der Waals surface area contributed by atoms with Crippen LogP contribution in [0, 0.1) is 0 Å². The van der Waals surface area contributed by atoms with Crippen molar-refractivity contribution in [3.63, 3.8) is 0 Å². The lowest BCUT2D eigenvalue weighted by atomic mass is 10.0. The molecule has 0 aliphatic carbocycles. The molecule has 1 heterocycles. The Morgan fingerprint density at radius 3 is 2.47 bits per heavy atom. The molecule has 3 rings (SSSR count). The van der Waals surface area contributed by atoms with Crippen molar-refractivity contribution in [2.45, 2.75) is 19.4 Å². The highest BCUT2D eigenvalue weighted by Crippen LogP contribution is 2.29. The second kappa shape index (κ2) is 9.96. The summed E-state index contributed by atoms with van der Waals surface area (Å²) < 4.78 is 4.67. The Labute approximate surface area is 179 Å². The zero-order chi connectivity index (χ0) is 21.5. The zero-order valence-electron chi connectivity index (χ0n) is 16.3. The lowest BCUT2D eigenvalue weighted by molar-refractivity contribution is -0.144. The van der Waals surface area contributed by atoms with Gasteiger partial charge in [0.05, 0.1) is 11.7 Å². The molecule has 8 heteroatoms. The minimum atomic E-state index is -0.512. The van der Waals surface area contributed by atoms with Gasteiger partial charge in [0.2, 0.25) is 0 Å². The fraction of sp³-hybridized carbons (Fsp3) is 0.182. The summed E-state index contributed by atoms with van der Waals surface area (Å²) in [6.45, 7) is 0.911. The summed E-state index contributed by atoms with van der Waals surface area (Å²) in [6, 6.07) is 18.5. The topological polar surface area (TPSA) is 107 Å². The zero-order valence-corrected chi connectivity index (χ0v) is 17.1. The molecule has 0 fully saturated rings. The number of anilines is 1. The Balaban J connectivity index is 1.73. The number of carbonyl (C=O) groups excluding carboxylic acids is 2. The fourth-order valence-corrected chi connectivity index (χ4v) is 3.05. The lowest BCUT2D eigenvalue weighted by Crippen LogP contribution is -2.19. The number of hydrogen-bond donors (Lipinski definition) is 2. The molecule has 7 nitrogen and oxygen atoms in total. The van der Waals surface area contributed by atoms with Gasteiger partial charge in [0.25, 0.3) is 5.91 Å². The summed E-state index contributed by atoms with van der Waals surface area (Å²) >= 11 is 6.26. The Morgan fingerprint density at radius 2 is 1.80 bits per heavy atom. The quantitative estimate of drug-likeness (QED) is 0.562. The van der Waals surface area contributed by atoms with Crippen molar-refractivity contribution in [2.75, 3.05) is 11.9 Å². The van der Waals surface area contributed by atoms with Crippen molar-refractivity contribution in [3.8, 4) is 11.1 Å². The van der Waals surface area contributed by atoms with Gasteiger partial charge < -0.3 is 15.8 Å². The highest BCUT2D eigenvalue weighted by atomic mass is 35.5. The summed E-state index contributed by atoms with van der Waals surface area (Å²) in [5.41, 5.74) is 10.1. The predicted molar refractivity (Wildman–Crippen MR) is 115 cm³/mol. The molecular formula is C22H21ClN4O3. The van der Waals surface area contributed by atoms with Crippen molar-refractivity contribution in [1.29, 1.82) is 0 Å². The predicted octanol–water partition coefficient (Wildman–Crippen LogP) is 3.54. The maximum Gasteiger partial charge on any atom is 0.303 e. The Kier molecular flexibility index (Phi) is 7.11. The molecular weight excluding hydrogens is 404 g/mol. The number of halogens is 1. The molecule has 3 aromatic rings. The number of benzene rings is 2. The van der Waals surface area contributed by atoms with E-state index in [1.165, 1.54) is 6.92 Å². The van der Waals surface area contributed by atoms with Crippen LogP contribution in [0.2, 0.25) is 5.15 Å². The summed E-state index contributed by atoms with van der Waals surface area (Å²) in [5.74, 6) is -0.933. The molecule has 3 N–H and O–H groups in total. The van der Waals surface area contributed by atoms with Crippen LogP contribution in [0.3, 0.4) is 0 Å². The summed E-state index contributed by atoms with van der Waals surface area (Å²) in [6.07, 6.45) is 0.629. The van der Waals surface area contributed by atoms with Crippen molar-refractivity contribution in [3.05, 3.63) is 77.1 Å². The first-order chi connectivity index (χ1) is 14.4. The normalized spacial score (nSPS) is 11.6. The first-order valence-corrected chi connectivity index (χ1v) is 9.66. The van der Waals surface area contributed by atoms with Crippen molar-refractivity contribution in [1.82, 2.24) is 10.2 Å². The molecule has 0 aliphatic heterocycles. The van der Waals surface area contributed by atoms with Crippen LogP contribution in [0.1, 0.15) is 24.2 Å². The Hall–Kier alpha value is -3.29. The molecule has 1 aromatic heterocycles. The van der Waals surface area contributed by atoms with Gasteiger partial charge in [-0.05, 0) is 35.7 Å². The van der Waals surface area contributed by atoms with Crippen LogP contribution in [0.25, 0.3) is 11.1 Å². The second-order valence-corrected chi connectivity index (χ2v) is 7.03. The third kappa shape index (κ3) is 5.85. The van der Waals surface area contributed by atoms with Gasteiger partial charge in [-0.15, -0.1) is 5.10 Å². The van der Waals surface area contributed by atoms with Crippen LogP contribution in [0.5, 0.6) is 0 Å². The van der Waals surface area contributed by atoms with Gasteiger partial charge in [0, 0.05) is 18.2 Å². The number of ether oxygens (including phenoxy) is 1. The smallest absolute Gasteiger partial charge is 0.303 e. The maximum absolute atomic E-state index is 11.8. The summed E-state index contributed by atoms with van der Waals surface area (Å²) in [4.78, 5) is 22.5. The van der Waals surface area contributed by atoms with Crippen molar-refractivity contribution >= 4 is 29.2 Å².